The summed E-state index contributed by atoms with van der Waals surface area (Å²) in [7, 11) is 0. The van der Waals surface area contributed by atoms with Gasteiger partial charge in [-0.15, -0.1) is 0 Å². The topological polar surface area (TPSA) is 87.5 Å². The maximum atomic E-state index is 12.2. The van der Waals surface area contributed by atoms with Gasteiger partial charge in [-0.2, -0.15) is 0 Å². The average Bonchev–Trinajstić information content (AvgIpc) is 2.37. The number of nitrogens with one attached hydrogen (secondary N) is 2. The fourth-order valence-corrected chi connectivity index (χ4v) is 2.55. The molecule has 1 aliphatic rings. The van der Waals surface area contributed by atoms with Crippen LogP contribution in [0.15, 0.2) is 18.2 Å². The summed E-state index contributed by atoms with van der Waals surface area (Å²) >= 11 is 11.7. The normalized spacial score (nSPS) is 18.7. The first-order valence-electron chi connectivity index (χ1n) is 6.01. The first kappa shape index (κ1) is 14.9. The first-order chi connectivity index (χ1) is 9.47. The summed E-state index contributed by atoms with van der Waals surface area (Å²) in [5.41, 5.74) is 5.76. The lowest BCUT2D eigenvalue weighted by atomic mass is 10.2. The third kappa shape index (κ3) is 3.53. The number of hydrogen-bond donors (Lipinski definition) is 3. The molecule has 1 unspecified atom stereocenters. The van der Waals surface area contributed by atoms with E-state index in [9.17, 15) is 9.59 Å². The number of amides is 3. The largest absolute Gasteiger partial charge is 0.368 e. The minimum absolute atomic E-state index is 0.346. The van der Waals surface area contributed by atoms with Crippen molar-refractivity contribution >= 4 is 40.8 Å². The van der Waals surface area contributed by atoms with Crippen LogP contribution >= 0.6 is 23.2 Å². The molecule has 20 heavy (non-hydrogen) atoms. The van der Waals surface area contributed by atoms with Crippen molar-refractivity contribution in [1.82, 2.24) is 10.2 Å². The van der Waals surface area contributed by atoms with Gasteiger partial charge in [0.1, 0.15) is 6.04 Å². The quantitative estimate of drug-likeness (QED) is 0.768. The highest BCUT2D eigenvalue weighted by Crippen LogP contribution is 2.23. The second-order valence-electron chi connectivity index (χ2n) is 4.40. The minimum Gasteiger partial charge on any atom is -0.368 e. The van der Waals surface area contributed by atoms with Gasteiger partial charge in [0.15, 0.2) is 0 Å². The highest BCUT2D eigenvalue weighted by Gasteiger charge is 2.30. The number of benzene rings is 1. The molecule has 1 fully saturated rings. The maximum absolute atomic E-state index is 12.2. The molecule has 0 aliphatic carbocycles. The summed E-state index contributed by atoms with van der Waals surface area (Å²) in [5, 5.41) is 6.51. The SMILES string of the molecule is NC(=O)C1CNCCN1C(=O)Nc1cc(Cl)cc(Cl)c1. The number of carbonyl (C=O) groups is 2. The third-order valence-electron chi connectivity index (χ3n) is 2.95. The van der Waals surface area contributed by atoms with Crippen molar-refractivity contribution in [3.05, 3.63) is 28.2 Å². The van der Waals surface area contributed by atoms with Gasteiger partial charge in [0.25, 0.3) is 0 Å². The Labute approximate surface area is 126 Å². The molecule has 1 saturated heterocycles. The number of nitrogens with two attached hydrogens (primary N) is 1. The Morgan fingerprint density at radius 2 is 1.95 bits per heavy atom. The zero-order valence-electron chi connectivity index (χ0n) is 10.5. The first-order valence-corrected chi connectivity index (χ1v) is 6.76. The van der Waals surface area contributed by atoms with Crippen LogP contribution in [0.4, 0.5) is 10.5 Å². The van der Waals surface area contributed by atoms with Gasteiger partial charge in [0.2, 0.25) is 5.91 Å². The Kier molecular flexibility index (Phi) is 4.69. The van der Waals surface area contributed by atoms with Crippen LogP contribution in [0, 0.1) is 0 Å². The zero-order chi connectivity index (χ0) is 14.7. The summed E-state index contributed by atoms with van der Waals surface area (Å²) in [6.45, 7) is 1.35. The van der Waals surface area contributed by atoms with Gasteiger partial charge in [-0.25, -0.2) is 4.79 Å². The monoisotopic (exact) mass is 316 g/mol. The van der Waals surface area contributed by atoms with Crippen molar-refractivity contribution in [3.8, 4) is 0 Å². The van der Waals surface area contributed by atoms with E-state index in [2.05, 4.69) is 10.6 Å². The van der Waals surface area contributed by atoms with E-state index in [1.807, 2.05) is 0 Å². The van der Waals surface area contributed by atoms with Crippen molar-refractivity contribution in [3.63, 3.8) is 0 Å². The Morgan fingerprint density at radius 3 is 2.55 bits per heavy atom. The number of nitrogens with zero attached hydrogens (tertiary/aromatic N) is 1. The van der Waals surface area contributed by atoms with Crippen LogP contribution in [0.25, 0.3) is 0 Å². The predicted octanol–water partition coefficient (Wildman–Crippen LogP) is 1.28. The average molecular weight is 317 g/mol. The molecule has 0 bridgehead atoms. The second-order valence-corrected chi connectivity index (χ2v) is 5.28. The summed E-state index contributed by atoms with van der Waals surface area (Å²) < 4.78 is 0. The standard InChI is InChI=1S/C12H14Cl2N4O2/c13-7-3-8(14)5-9(4-7)17-12(20)18-2-1-16-6-10(18)11(15)19/h3-5,10,16H,1-2,6H2,(H2,15,19)(H,17,20). The number of primary amides is 1. The lowest BCUT2D eigenvalue weighted by Gasteiger charge is -2.34. The summed E-state index contributed by atoms with van der Waals surface area (Å²) in [5.74, 6) is -0.545. The highest BCUT2D eigenvalue weighted by molar-refractivity contribution is 6.35. The molecule has 0 spiro atoms. The van der Waals surface area contributed by atoms with Crippen molar-refractivity contribution in [2.24, 2.45) is 5.73 Å². The fraction of sp³-hybridized carbons (Fsp3) is 0.333. The summed E-state index contributed by atoms with van der Waals surface area (Å²) in [6, 6.07) is 3.64. The Balaban J connectivity index is 2.11. The van der Waals surface area contributed by atoms with Crippen molar-refractivity contribution < 1.29 is 9.59 Å². The van der Waals surface area contributed by atoms with Gasteiger partial charge in [-0.3, -0.25) is 4.79 Å². The van der Waals surface area contributed by atoms with E-state index in [0.717, 1.165) is 0 Å². The molecule has 0 aromatic heterocycles. The summed E-state index contributed by atoms with van der Waals surface area (Å²) in [6.07, 6.45) is 0. The van der Waals surface area contributed by atoms with Crippen molar-refractivity contribution in [2.75, 3.05) is 25.0 Å². The number of urea groups is 1. The van der Waals surface area contributed by atoms with Crippen LogP contribution in [0.5, 0.6) is 0 Å². The zero-order valence-corrected chi connectivity index (χ0v) is 12.0. The van der Waals surface area contributed by atoms with E-state index in [-0.39, 0.29) is 0 Å². The van der Waals surface area contributed by atoms with Gasteiger partial charge in [-0.1, -0.05) is 23.2 Å². The molecular weight excluding hydrogens is 303 g/mol. The molecule has 1 atom stereocenters. The lowest BCUT2D eigenvalue weighted by Crippen LogP contribution is -2.59. The van der Waals surface area contributed by atoms with Crippen molar-refractivity contribution in [1.29, 1.82) is 0 Å². The number of rotatable bonds is 2. The molecule has 8 heteroatoms. The molecule has 3 amide bonds. The van der Waals surface area contributed by atoms with Gasteiger partial charge < -0.3 is 21.3 Å². The van der Waals surface area contributed by atoms with Gasteiger partial charge in [0, 0.05) is 35.4 Å². The number of piperazine rings is 1. The molecule has 0 radical (unpaired) electrons. The number of carbonyl (C=O) groups excluding carboxylic acids is 2. The Bertz CT molecular complexity index is 518. The van der Waals surface area contributed by atoms with Gasteiger partial charge in [0.05, 0.1) is 0 Å². The van der Waals surface area contributed by atoms with E-state index in [4.69, 9.17) is 28.9 Å². The Hall–Kier alpha value is -1.50. The molecule has 6 nitrogen and oxygen atoms in total. The van der Waals surface area contributed by atoms with E-state index >= 15 is 0 Å². The molecule has 1 aromatic rings. The molecule has 1 aliphatic heterocycles. The molecule has 1 heterocycles. The van der Waals surface area contributed by atoms with E-state index in [0.29, 0.717) is 35.4 Å². The predicted molar refractivity (Wildman–Crippen MR) is 78.0 cm³/mol. The van der Waals surface area contributed by atoms with Gasteiger partial charge >= 0.3 is 6.03 Å². The van der Waals surface area contributed by atoms with Crippen LogP contribution in [-0.2, 0) is 4.79 Å². The van der Waals surface area contributed by atoms with Crippen LogP contribution in [0.2, 0.25) is 10.0 Å². The van der Waals surface area contributed by atoms with Crippen molar-refractivity contribution in [2.45, 2.75) is 6.04 Å². The smallest absolute Gasteiger partial charge is 0.322 e. The second kappa shape index (κ2) is 6.30. The fourth-order valence-electron chi connectivity index (χ4n) is 2.02. The number of halogens is 2. The molecule has 2 rings (SSSR count). The minimum atomic E-state index is -0.668. The van der Waals surface area contributed by atoms with E-state index in [1.54, 1.807) is 18.2 Å². The third-order valence-corrected chi connectivity index (χ3v) is 3.38. The molecule has 108 valence electrons. The van der Waals surface area contributed by atoms with E-state index < -0.39 is 18.0 Å². The van der Waals surface area contributed by atoms with Gasteiger partial charge in [-0.05, 0) is 18.2 Å². The lowest BCUT2D eigenvalue weighted by molar-refractivity contribution is -0.122. The molecule has 1 aromatic carbocycles. The van der Waals surface area contributed by atoms with Crippen LogP contribution in [-0.4, -0.2) is 42.5 Å². The summed E-state index contributed by atoms with van der Waals surface area (Å²) in [4.78, 5) is 24.9. The van der Waals surface area contributed by atoms with Crippen LogP contribution in [0.1, 0.15) is 0 Å². The Morgan fingerprint density at radius 1 is 1.30 bits per heavy atom. The highest BCUT2D eigenvalue weighted by atomic mass is 35.5. The number of anilines is 1. The van der Waals surface area contributed by atoms with Crippen LogP contribution in [0.3, 0.4) is 0 Å². The molecule has 0 saturated carbocycles. The van der Waals surface area contributed by atoms with Crippen LogP contribution < -0.4 is 16.4 Å². The van der Waals surface area contributed by atoms with E-state index in [1.165, 1.54) is 4.90 Å². The molecular formula is C12H14Cl2N4O2. The maximum Gasteiger partial charge on any atom is 0.322 e. The number of hydrogen-bond acceptors (Lipinski definition) is 3. The molecule has 4 N–H and O–H groups in total.